The molecule has 5 nitrogen and oxygen atoms in total. The Morgan fingerprint density at radius 2 is 1.96 bits per heavy atom. The molecule has 0 unspecified atom stereocenters. The fourth-order valence-corrected chi connectivity index (χ4v) is 3.83. The smallest absolute Gasteiger partial charge is 0.264 e. The zero-order chi connectivity index (χ0) is 17.2. The number of amides is 1. The fraction of sp³-hybridized carbons (Fsp3) is 0.211. The van der Waals surface area contributed by atoms with Crippen molar-refractivity contribution in [3.8, 4) is 11.5 Å². The van der Waals surface area contributed by atoms with Crippen LogP contribution >= 0.6 is 11.3 Å². The zero-order valence-electron chi connectivity index (χ0n) is 13.3. The van der Waals surface area contributed by atoms with Crippen molar-refractivity contribution in [2.24, 2.45) is 0 Å². The molecule has 2 atom stereocenters. The quantitative estimate of drug-likeness (QED) is 0.755. The Morgan fingerprint density at radius 1 is 1.20 bits per heavy atom. The van der Waals surface area contributed by atoms with Gasteiger partial charge in [-0.2, -0.15) is 0 Å². The van der Waals surface area contributed by atoms with Gasteiger partial charge < -0.3 is 19.9 Å². The lowest BCUT2D eigenvalue weighted by Crippen LogP contribution is -2.45. The molecular weight excluding hydrogens is 338 g/mol. The van der Waals surface area contributed by atoms with E-state index in [2.05, 4.69) is 5.32 Å². The zero-order valence-corrected chi connectivity index (χ0v) is 14.2. The lowest BCUT2D eigenvalue weighted by molar-refractivity contribution is -0.130. The molecule has 2 aromatic carbocycles. The number of aliphatic hydroxyl groups is 1. The summed E-state index contributed by atoms with van der Waals surface area (Å²) in [6, 6.07) is 15.1. The topological polar surface area (TPSA) is 67.8 Å². The van der Waals surface area contributed by atoms with E-state index < -0.39 is 12.2 Å². The Labute approximate surface area is 148 Å². The summed E-state index contributed by atoms with van der Waals surface area (Å²) in [5, 5.41) is 16.1. The maximum atomic E-state index is 12.3. The number of benzene rings is 2. The van der Waals surface area contributed by atoms with E-state index in [-0.39, 0.29) is 19.1 Å². The van der Waals surface area contributed by atoms with Gasteiger partial charge in [0.05, 0.1) is 6.10 Å². The normalized spacial score (nSPS) is 17.2. The van der Waals surface area contributed by atoms with E-state index in [1.165, 1.54) is 0 Å². The third kappa shape index (κ3) is 3.18. The summed E-state index contributed by atoms with van der Waals surface area (Å²) in [6.07, 6.45) is -1.49. The van der Waals surface area contributed by atoms with E-state index in [1.807, 2.05) is 41.8 Å². The number of thiophene rings is 1. The number of carbonyl (C=O) groups excluding carboxylic acids is 1. The maximum Gasteiger partial charge on any atom is 0.264 e. The second-order valence-corrected chi connectivity index (χ2v) is 6.72. The third-order valence-electron chi connectivity index (χ3n) is 4.14. The van der Waals surface area contributed by atoms with Gasteiger partial charge in [-0.25, -0.2) is 0 Å². The van der Waals surface area contributed by atoms with Gasteiger partial charge in [-0.3, -0.25) is 4.79 Å². The first-order valence-corrected chi connectivity index (χ1v) is 8.91. The molecule has 3 aromatic rings. The van der Waals surface area contributed by atoms with Crippen LogP contribution in [-0.4, -0.2) is 30.3 Å². The third-order valence-corrected chi connectivity index (χ3v) is 5.12. The number of carbonyl (C=O) groups is 1. The number of aliphatic hydroxyl groups excluding tert-OH is 1. The first-order valence-electron chi connectivity index (χ1n) is 8.03. The van der Waals surface area contributed by atoms with Crippen LogP contribution in [0.5, 0.6) is 11.5 Å². The van der Waals surface area contributed by atoms with Gasteiger partial charge in [0.15, 0.2) is 11.5 Å². The van der Waals surface area contributed by atoms with E-state index in [9.17, 15) is 9.90 Å². The number of rotatable bonds is 4. The van der Waals surface area contributed by atoms with Crippen LogP contribution in [0, 0.1) is 0 Å². The Hall–Kier alpha value is -2.57. The molecule has 0 bridgehead atoms. The van der Waals surface area contributed by atoms with Crippen LogP contribution in [0.2, 0.25) is 0 Å². The summed E-state index contributed by atoms with van der Waals surface area (Å²) in [6.45, 7) is 0.279. The molecule has 0 spiro atoms. The minimum absolute atomic E-state index is 0.126. The predicted molar refractivity (Wildman–Crippen MR) is 96.1 cm³/mol. The van der Waals surface area contributed by atoms with Crippen molar-refractivity contribution < 1.29 is 19.4 Å². The first-order chi connectivity index (χ1) is 12.2. The number of hydrogen-bond donors (Lipinski definition) is 2. The molecule has 1 aromatic heterocycles. The summed E-state index contributed by atoms with van der Waals surface area (Å²) in [5.74, 6) is 0.891. The van der Waals surface area contributed by atoms with Gasteiger partial charge in [0.1, 0.15) is 6.61 Å². The van der Waals surface area contributed by atoms with E-state index in [4.69, 9.17) is 9.47 Å². The minimum Gasteiger partial charge on any atom is -0.485 e. The van der Waals surface area contributed by atoms with Crippen LogP contribution in [0.3, 0.4) is 0 Å². The van der Waals surface area contributed by atoms with E-state index in [1.54, 1.807) is 23.5 Å². The van der Waals surface area contributed by atoms with Crippen LogP contribution in [0.4, 0.5) is 0 Å². The Bertz CT molecular complexity index is 907. The summed E-state index contributed by atoms with van der Waals surface area (Å²) in [4.78, 5) is 12.3. The largest absolute Gasteiger partial charge is 0.485 e. The highest BCUT2D eigenvalue weighted by Gasteiger charge is 2.27. The number of fused-ring (bicyclic) bond motifs is 2. The standard InChI is InChI=1S/C19H17NO4S/c21-14(13-11-25-18-8-4-1-5-12(13)18)9-20-19(22)17-10-23-15-6-2-3-7-16(15)24-17/h1-8,11,14,17,21H,9-10H2,(H,20,22)/t14-,17+/m1/s1. The second-order valence-electron chi connectivity index (χ2n) is 5.81. The maximum absolute atomic E-state index is 12.3. The highest BCUT2D eigenvalue weighted by Crippen LogP contribution is 2.31. The molecule has 6 heteroatoms. The number of nitrogens with one attached hydrogen (secondary N) is 1. The van der Waals surface area contributed by atoms with Crippen molar-refractivity contribution in [3.05, 3.63) is 59.5 Å². The first kappa shape index (κ1) is 15.9. The second kappa shape index (κ2) is 6.74. The monoisotopic (exact) mass is 355 g/mol. The van der Waals surface area contributed by atoms with E-state index >= 15 is 0 Å². The van der Waals surface area contributed by atoms with Gasteiger partial charge >= 0.3 is 0 Å². The molecule has 2 heterocycles. The molecule has 0 radical (unpaired) electrons. The molecular formula is C19H17NO4S. The van der Waals surface area contributed by atoms with Crippen molar-refractivity contribution in [1.29, 1.82) is 0 Å². The van der Waals surface area contributed by atoms with Crippen molar-refractivity contribution in [2.45, 2.75) is 12.2 Å². The van der Waals surface area contributed by atoms with Crippen LogP contribution in [0.25, 0.3) is 10.1 Å². The molecule has 0 saturated carbocycles. The summed E-state index contributed by atoms with van der Waals surface area (Å²) in [7, 11) is 0. The molecule has 4 rings (SSSR count). The van der Waals surface area contributed by atoms with E-state index in [0.29, 0.717) is 11.5 Å². The molecule has 1 amide bonds. The van der Waals surface area contributed by atoms with Crippen LogP contribution < -0.4 is 14.8 Å². The summed E-state index contributed by atoms with van der Waals surface area (Å²) >= 11 is 1.58. The van der Waals surface area contributed by atoms with Gasteiger partial charge in [-0.15, -0.1) is 11.3 Å². The van der Waals surface area contributed by atoms with Crippen molar-refractivity contribution in [1.82, 2.24) is 5.32 Å². The van der Waals surface area contributed by atoms with Crippen LogP contribution in [0.1, 0.15) is 11.7 Å². The lowest BCUT2D eigenvalue weighted by Gasteiger charge is -2.25. The van der Waals surface area contributed by atoms with Crippen LogP contribution in [-0.2, 0) is 4.79 Å². The number of ether oxygens (including phenoxy) is 2. The van der Waals surface area contributed by atoms with Gasteiger partial charge in [0.25, 0.3) is 5.91 Å². The SMILES string of the molecule is O=C(NC[C@@H](O)c1csc2ccccc12)[C@@H]1COc2ccccc2O1. The van der Waals surface area contributed by atoms with Gasteiger partial charge in [0.2, 0.25) is 6.10 Å². The number of hydrogen-bond acceptors (Lipinski definition) is 5. The highest BCUT2D eigenvalue weighted by atomic mass is 32.1. The fourth-order valence-electron chi connectivity index (χ4n) is 2.83. The van der Waals surface area contributed by atoms with Gasteiger partial charge in [0, 0.05) is 16.8 Å². The molecule has 2 N–H and O–H groups in total. The number of para-hydroxylation sites is 2. The average molecular weight is 355 g/mol. The molecule has 0 fully saturated rings. The molecule has 1 aliphatic heterocycles. The Morgan fingerprint density at radius 3 is 2.84 bits per heavy atom. The van der Waals surface area contributed by atoms with E-state index in [0.717, 1.165) is 15.6 Å². The van der Waals surface area contributed by atoms with Gasteiger partial charge in [-0.1, -0.05) is 30.3 Å². The minimum atomic E-state index is -0.767. The predicted octanol–water partition coefficient (Wildman–Crippen LogP) is 2.89. The van der Waals surface area contributed by atoms with Crippen molar-refractivity contribution in [3.63, 3.8) is 0 Å². The van der Waals surface area contributed by atoms with Gasteiger partial charge in [-0.05, 0) is 29.0 Å². The molecule has 1 aliphatic rings. The van der Waals surface area contributed by atoms with Crippen LogP contribution in [0.15, 0.2) is 53.9 Å². The van der Waals surface area contributed by atoms with Crippen molar-refractivity contribution in [2.75, 3.05) is 13.2 Å². The Kier molecular flexibility index (Phi) is 4.29. The Balaban J connectivity index is 1.39. The highest BCUT2D eigenvalue weighted by molar-refractivity contribution is 7.17. The summed E-state index contributed by atoms with van der Waals surface area (Å²) < 4.78 is 12.3. The van der Waals surface area contributed by atoms with Crippen molar-refractivity contribution >= 4 is 27.3 Å². The molecule has 0 saturated heterocycles. The lowest BCUT2D eigenvalue weighted by atomic mass is 10.1. The molecule has 25 heavy (non-hydrogen) atoms. The summed E-state index contributed by atoms with van der Waals surface area (Å²) in [5.41, 5.74) is 0.826. The molecule has 0 aliphatic carbocycles. The average Bonchev–Trinajstić information content (AvgIpc) is 3.09. The molecule has 128 valence electrons.